The van der Waals surface area contributed by atoms with Crippen LogP contribution in [0.2, 0.25) is 5.15 Å². The predicted octanol–water partition coefficient (Wildman–Crippen LogP) is 3.40. The van der Waals surface area contributed by atoms with Crippen LogP contribution >= 0.6 is 11.6 Å². The van der Waals surface area contributed by atoms with Gasteiger partial charge < -0.3 is 9.88 Å². The Morgan fingerprint density at radius 1 is 1.39 bits per heavy atom. The van der Waals surface area contributed by atoms with Crippen LogP contribution in [0.3, 0.4) is 0 Å². The molecule has 23 heavy (non-hydrogen) atoms. The number of nitrogens with one attached hydrogen (secondary N) is 1. The summed E-state index contributed by atoms with van der Waals surface area (Å²) < 4.78 is 15.6. The first-order chi connectivity index (χ1) is 11.1. The number of hydrogen-bond acceptors (Lipinski definition) is 3. The number of fused-ring (bicyclic) bond motifs is 1. The van der Waals surface area contributed by atoms with E-state index in [1.54, 1.807) is 35.2 Å². The maximum absolute atomic E-state index is 13.8. The van der Waals surface area contributed by atoms with Gasteiger partial charge in [-0.1, -0.05) is 24.2 Å². The molecule has 2 aromatic heterocycles. The summed E-state index contributed by atoms with van der Waals surface area (Å²) in [5, 5.41) is 2.81. The third kappa shape index (κ3) is 3.22. The summed E-state index contributed by atoms with van der Waals surface area (Å²) in [4.78, 5) is 19.8. The van der Waals surface area contributed by atoms with Gasteiger partial charge in [0.15, 0.2) is 5.65 Å². The Kier molecular flexibility index (Phi) is 4.08. The Balaban J connectivity index is 1.92. The number of halogens is 2. The van der Waals surface area contributed by atoms with Gasteiger partial charge in [-0.25, -0.2) is 14.4 Å². The number of rotatable bonds is 4. The highest BCUT2D eigenvalue weighted by Gasteiger charge is 2.09. The second-order valence-corrected chi connectivity index (χ2v) is 5.24. The lowest BCUT2D eigenvalue weighted by molar-refractivity contribution is -0.111. The molecule has 1 amide bonds. The quantitative estimate of drug-likeness (QED) is 0.589. The number of hydrogen-bond donors (Lipinski definition) is 1. The summed E-state index contributed by atoms with van der Waals surface area (Å²) in [6.45, 7) is 3.76. The lowest BCUT2D eigenvalue weighted by Crippen LogP contribution is -2.09. The van der Waals surface area contributed by atoms with Crippen LogP contribution in [0.4, 0.5) is 10.1 Å². The number of imidazole rings is 1. The molecule has 0 aliphatic heterocycles. The largest absolute Gasteiger partial charge is 0.320 e. The highest BCUT2D eigenvalue weighted by atomic mass is 35.5. The van der Waals surface area contributed by atoms with Crippen LogP contribution in [0.25, 0.3) is 11.2 Å². The molecule has 0 atom stereocenters. The number of carbonyl (C=O) groups excluding carboxylic acids is 1. The standard InChI is InChI=1S/C16H12ClFN4O/c1-2-15(23)20-13-7-10(3-4-11(13)18)8-22-9-19-12-5-6-14(17)21-16(12)22/h2-7,9H,1,8H2,(H,20,23). The Hall–Kier alpha value is -2.73. The smallest absolute Gasteiger partial charge is 0.247 e. The van der Waals surface area contributed by atoms with Gasteiger partial charge in [0, 0.05) is 0 Å². The fourth-order valence-electron chi connectivity index (χ4n) is 2.18. The van der Waals surface area contributed by atoms with E-state index in [2.05, 4.69) is 21.9 Å². The molecule has 1 aromatic carbocycles. The Morgan fingerprint density at radius 3 is 3.00 bits per heavy atom. The van der Waals surface area contributed by atoms with Crippen LogP contribution in [-0.4, -0.2) is 20.4 Å². The molecule has 1 N–H and O–H groups in total. The average Bonchev–Trinajstić information content (AvgIpc) is 2.92. The average molecular weight is 331 g/mol. The number of aromatic nitrogens is 3. The van der Waals surface area contributed by atoms with Crippen molar-refractivity contribution < 1.29 is 9.18 Å². The minimum Gasteiger partial charge on any atom is -0.320 e. The summed E-state index contributed by atoms with van der Waals surface area (Å²) in [5.41, 5.74) is 2.24. The molecule has 2 heterocycles. The topological polar surface area (TPSA) is 59.8 Å². The molecule has 0 spiro atoms. The Labute approximate surface area is 136 Å². The van der Waals surface area contributed by atoms with Crippen molar-refractivity contribution in [3.63, 3.8) is 0 Å². The molecule has 0 bridgehead atoms. The molecule has 0 aliphatic rings. The van der Waals surface area contributed by atoms with Gasteiger partial charge in [-0.05, 0) is 35.9 Å². The maximum Gasteiger partial charge on any atom is 0.247 e. The molecule has 0 fully saturated rings. The fourth-order valence-corrected chi connectivity index (χ4v) is 2.32. The molecular formula is C16H12ClFN4O. The molecule has 0 saturated heterocycles. The molecule has 0 radical (unpaired) electrons. The van der Waals surface area contributed by atoms with E-state index in [9.17, 15) is 9.18 Å². The van der Waals surface area contributed by atoms with E-state index in [1.807, 2.05) is 0 Å². The summed E-state index contributed by atoms with van der Waals surface area (Å²) in [7, 11) is 0. The third-order valence-electron chi connectivity index (χ3n) is 3.26. The van der Waals surface area contributed by atoms with Gasteiger partial charge in [-0.15, -0.1) is 0 Å². The minimum absolute atomic E-state index is 0.0998. The molecule has 116 valence electrons. The van der Waals surface area contributed by atoms with Crippen LogP contribution in [0.1, 0.15) is 5.56 Å². The first-order valence-electron chi connectivity index (χ1n) is 6.76. The van der Waals surface area contributed by atoms with E-state index in [-0.39, 0.29) is 5.69 Å². The van der Waals surface area contributed by atoms with Gasteiger partial charge >= 0.3 is 0 Å². The van der Waals surface area contributed by atoms with E-state index in [1.165, 1.54) is 6.07 Å². The second kappa shape index (κ2) is 6.18. The molecule has 5 nitrogen and oxygen atoms in total. The van der Waals surface area contributed by atoms with Crippen molar-refractivity contribution in [3.05, 3.63) is 65.8 Å². The number of benzene rings is 1. The van der Waals surface area contributed by atoms with Crippen molar-refractivity contribution in [1.82, 2.24) is 14.5 Å². The zero-order valence-electron chi connectivity index (χ0n) is 12.0. The van der Waals surface area contributed by atoms with Crippen molar-refractivity contribution in [3.8, 4) is 0 Å². The zero-order valence-corrected chi connectivity index (χ0v) is 12.7. The summed E-state index contributed by atoms with van der Waals surface area (Å²) in [6.07, 6.45) is 2.72. The van der Waals surface area contributed by atoms with Crippen molar-refractivity contribution in [2.75, 3.05) is 5.32 Å². The molecule has 7 heteroatoms. The molecular weight excluding hydrogens is 319 g/mol. The lowest BCUT2D eigenvalue weighted by Gasteiger charge is -2.08. The molecule has 0 aliphatic carbocycles. The number of nitrogens with zero attached hydrogens (tertiary/aromatic N) is 3. The van der Waals surface area contributed by atoms with E-state index in [0.29, 0.717) is 17.3 Å². The monoisotopic (exact) mass is 330 g/mol. The van der Waals surface area contributed by atoms with E-state index in [0.717, 1.165) is 17.2 Å². The molecule has 3 aromatic rings. The number of carbonyl (C=O) groups is 1. The van der Waals surface area contributed by atoms with E-state index >= 15 is 0 Å². The second-order valence-electron chi connectivity index (χ2n) is 4.86. The fraction of sp³-hybridized carbons (Fsp3) is 0.0625. The predicted molar refractivity (Wildman–Crippen MR) is 86.9 cm³/mol. The van der Waals surface area contributed by atoms with Gasteiger partial charge in [-0.2, -0.15) is 0 Å². The SMILES string of the molecule is C=CC(=O)Nc1cc(Cn2cnc3ccc(Cl)nc32)ccc1F. The van der Waals surface area contributed by atoms with Crippen LogP contribution in [-0.2, 0) is 11.3 Å². The number of anilines is 1. The van der Waals surface area contributed by atoms with E-state index < -0.39 is 11.7 Å². The van der Waals surface area contributed by atoms with Crippen LogP contribution in [0.15, 0.2) is 49.3 Å². The van der Waals surface area contributed by atoms with Crippen LogP contribution in [0, 0.1) is 5.82 Å². The molecule has 0 unspecified atom stereocenters. The summed E-state index contributed by atoms with van der Waals surface area (Å²) in [6, 6.07) is 7.94. The van der Waals surface area contributed by atoms with Crippen molar-refractivity contribution in [2.45, 2.75) is 6.54 Å². The molecule has 3 rings (SSSR count). The first-order valence-corrected chi connectivity index (χ1v) is 7.14. The Bertz CT molecular complexity index is 906. The highest BCUT2D eigenvalue weighted by molar-refractivity contribution is 6.29. The van der Waals surface area contributed by atoms with E-state index in [4.69, 9.17) is 11.6 Å². The third-order valence-corrected chi connectivity index (χ3v) is 3.47. The number of pyridine rings is 1. The number of amides is 1. The lowest BCUT2D eigenvalue weighted by atomic mass is 10.2. The van der Waals surface area contributed by atoms with Crippen molar-refractivity contribution >= 4 is 34.4 Å². The van der Waals surface area contributed by atoms with Crippen LogP contribution in [0.5, 0.6) is 0 Å². The van der Waals surface area contributed by atoms with Gasteiger partial charge in [0.1, 0.15) is 16.5 Å². The van der Waals surface area contributed by atoms with Crippen molar-refractivity contribution in [1.29, 1.82) is 0 Å². The first kappa shape index (κ1) is 15.2. The maximum atomic E-state index is 13.8. The molecule has 0 saturated carbocycles. The van der Waals surface area contributed by atoms with Crippen molar-refractivity contribution in [2.24, 2.45) is 0 Å². The summed E-state index contributed by atoms with van der Waals surface area (Å²) in [5.74, 6) is -0.983. The van der Waals surface area contributed by atoms with Gasteiger partial charge in [0.05, 0.1) is 18.6 Å². The zero-order chi connectivity index (χ0) is 16.4. The van der Waals surface area contributed by atoms with Gasteiger partial charge in [0.2, 0.25) is 5.91 Å². The van der Waals surface area contributed by atoms with Gasteiger partial charge in [-0.3, -0.25) is 4.79 Å². The minimum atomic E-state index is -0.513. The van der Waals surface area contributed by atoms with Crippen LogP contribution < -0.4 is 5.32 Å². The highest BCUT2D eigenvalue weighted by Crippen LogP contribution is 2.19. The normalized spacial score (nSPS) is 10.7. The summed E-state index contributed by atoms with van der Waals surface area (Å²) >= 11 is 5.91. The van der Waals surface area contributed by atoms with Gasteiger partial charge in [0.25, 0.3) is 0 Å². The Morgan fingerprint density at radius 2 is 2.22 bits per heavy atom.